The number of amides is 1. The predicted molar refractivity (Wildman–Crippen MR) is 102 cm³/mol. The molecule has 3 rings (SSSR count). The van der Waals surface area contributed by atoms with Gasteiger partial charge in [0.2, 0.25) is 0 Å². The van der Waals surface area contributed by atoms with Crippen molar-refractivity contribution in [3.63, 3.8) is 0 Å². The number of hydrogen-bond donors (Lipinski definition) is 2. The van der Waals surface area contributed by atoms with Gasteiger partial charge in [-0.1, -0.05) is 30.3 Å². The number of Topliss-reactive ketones (excluding diaryl/α,β-unsaturated/α-hetero) is 1. The third kappa shape index (κ3) is 3.49. The number of carbonyl (C=O) groups excluding carboxylic acids is 2. The minimum absolute atomic E-state index is 0.0642. The molecule has 3 N–H and O–H groups in total. The lowest BCUT2D eigenvalue weighted by Gasteiger charge is -2.26. The summed E-state index contributed by atoms with van der Waals surface area (Å²) in [4.78, 5) is 37.0. The summed E-state index contributed by atoms with van der Waals surface area (Å²) in [5.74, 6) is -1.88. The average Bonchev–Trinajstić information content (AvgIpc) is 2.92. The van der Waals surface area contributed by atoms with Crippen LogP contribution < -0.4 is 5.73 Å². The van der Waals surface area contributed by atoms with Gasteiger partial charge in [-0.25, -0.2) is 0 Å². The molecule has 2 aromatic carbocycles. The smallest absolute Gasteiger partial charge is 0.295 e. The van der Waals surface area contributed by atoms with E-state index in [4.69, 9.17) is 5.73 Å². The van der Waals surface area contributed by atoms with Crippen LogP contribution in [0.3, 0.4) is 0 Å². The standard InChI is InChI=1S/C20H19N3O5/c1-12(21)11-22-17(13-7-9-15(10-8-13)23(27)28)16(19(25)20(22)26)18(24)14-5-3-2-4-6-14/h2-10,12,17,24H,11,21H2,1H3/b18-16+. The van der Waals surface area contributed by atoms with Gasteiger partial charge >= 0.3 is 0 Å². The Hall–Kier alpha value is -3.52. The van der Waals surface area contributed by atoms with Crippen molar-refractivity contribution >= 4 is 23.1 Å². The number of nitro benzene ring substituents is 1. The van der Waals surface area contributed by atoms with E-state index < -0.39 is 28.7 Å². The van der Waals surface area contributed by atoms with Crippen LogP contribution in [0, 0.1) is 10.1 Å². The van der Waals surface area contributed by atoms with Crippen molar-refractivity contribution in [3.05, 3.63) is 81.4 Å². The number of non-ortho nitro benzene ring substituents is 1. The first-order chi connectivity index (χ1) is 13.3. The number of hydrogen-bond acceptors (Lipinski definition) is 6. The summed E-state index contributed by atoms with van der Waals surface area (Å²) in [6.07, 6.45) is 0. The topological polar surface area (TPSA) is 127 Å². The highest BCUT2D eigenvalue weighted by Gasteiger charge is 2.46. The SMILES string of the molecule is CC(N)CN1C(=O)C(=O)/C(=C(/O)c2ccccc2)C1c1ccc([N+](=O)[O-])cc1. The number of aliphatic hydroxyl groups excluding tert-OH is 1. The van der Waals surface area contributed by atoms with Gasteiger partial charge in [0.25, 0.3) is 17.4 Å². The Balaban J connectivity index is 2.16. The maximum Gasteiger partial charge on any atom is 0.295 e. The van der Waals surface area contributed by atoms with Crippen LogP contribution in [-0.4, -0.2) is 39.2 Å². The van der Waals surface area contributed by atoms with E-state index in [1.165, 1.54) is 29.2 Å². The number of benzene rings is 2. The summed E-state index contributed by atoms with van der Waals surface area (Å²) in [5, 5.41) is 21.7. The fraction of sp³-hybridized carbons (Fsp3) is 0.200. The van der Waals surface area contributed by atoms with E-state index in [0.717, 1.165) is 0 Å². The van der Waals surface area contributed by atoms with Crippen LogP contribution in [0.15, 0.2) is 60.2 Å². The number of carbonyl (C=O) groups is 2. The van der Waals surface area contributed by atoms with Gasteiger partial charge in [-0.15, -0.1) is 0 Å². The Morgan fingerprint density at radius 2 is 1.79 bits per heavy atom. The average molecular weight is 381 g/mol. The van der Waals surface area contributed by atoms with Crippen LogP contribution in [0.5, 0.6) is 0 Å². The number of nitrogens with zero attached hydrogens (tertiary/aromatic N) is 2. The highest BCUT2D eigenvalue weighted by molar-refractivity contribution is 6.46. The predicted octanol–water partition coefficient (Wildman–Crippen LogP) is 2.36. The number of nitrogens with two attached hydrogens (primary N) is 1. The van der Waals surface area contributed by atoms with Crippen molar-refractivity contribution in [3.8, 4) is 0 Å². The summed E-state index contributed by atoms with van der Waals surface area (Å²) in [6.45, 7) is 1.79. The van der Waals surface area contributed by atoms with Crippen LogP contribution in [0.1, 0.15) is 24.1 Å². The van der Waals surface area contributed by atoms with Crippen molar-refractivity contribution in [2.24, 2.45) is 5.73 Å². The maximum absolute atomic E-state index is 12.7. The number of aliphatic hydroxyl groups is 1. The summed E-state index contributed by atoms with van der Waals surface area (Å²) < 4.78 is 0. The molecule has 0 saturated carbocycles. The Kier molecular flexibility index (Phi) is 5.23. The minimum atomic E-state index is -0.882. The third-order valence-corrected chi connectivity index (χ3v) is 4.49. The second-order valence-corrected chi connectivity index (χ2v) is 6.64. The van der Waals surface area contributed by atoms with Gasteiger partial charge in [0.1, 0.15) is 5.76 Å². The molecule has 0 bridgehead atoms. The molecule has 1 aliphatic heterocycles. The van der Waals surface area contributed by atoms with Crippen molar-refractivity contribution in [1.82, 2.24) is 4.90 Å². The molecule has 0 aromatic heterocycles. The first kappa shape index (κ1) is 19.2. The van der Waals surface area contributed by atoms with Crippen LogP contribution in [0.25, 0.3) is 5.76 Å². The van der Waals surface area contributed by atoms with Crippen molar-refractivity contribution in [1.29, 1.82) is 0 Å². The van der Waals surface area contributed by atoms with Crippen LogP contribution >= 0.6 is 0 Å². The van der Waals surface area contributed by atoms with E-state index in [1.54, 1.807) is 37.3 Å². The molecule has 1 amide bonds. The summed E-state index contributed by atoms with van der Waals surface area (Å²) in [6, 6.07) is 12.7. The van der Waals surface area contributed by atoms with Crippen LogP contribution in [0.2, 0.25) is 0 Å². The molecule has 8 nitrogen and oxygen atoms in total. The number of rotatable bonds is 5. The van der Waals surface area contributed by atoms with E-state index in [0.29, 0.717) is 11.1 Å². The first-order valence-corrected chi connectivity index (χ1v) is 8.65. The quantitative estimate of drug-likeness (QED) is 0.269. The van der Waals surface area contributed by atoms with Gasteiger partial charge in [-0.05, 0) is 24.6 Å². The summed E-state index contributed by atoms with van der Waals surface area (Å²) in [5.41, 5.74) is 6.54. The number of nitro groups is 1. The molecule has 2 unspecified atom stereocenters. The lowest BCUT2D eigenvalue weighted by Crippen LogP contribution is -2.38. The Morgan fingerprint density at radius 3 is 2.32 bits per heavy atom. The van der Waals surface area contributed by atoms with Crippen molar-refractivity contribution in [2.75, 3.05) is 6.54 Å². The number of likely N-dealkylation sites (tertiary alicyclic amines) is 1. The number of ketones is 1. The molecular weight excluding hydrogens is 362 g/mol. The second-order valence-electron chi connectivity index (χ2n) is 6.64. The molecule has 1 saturated heterocycles. The monoisotopic (exact) mass is 381 g/mol. The fourth-order valence-corrected chi connectivity index (χ4v) is 3.25. The first-order valence-electron chi connectivity index (χ1n) is 8.65. The van der Waals surface area contributed by atoms with Crippen molar-refractivity contribution in [2.45, 2.75) is 19.0 Å². The fourth-order valence-electron chi connectivity index (χ4n) is 3.25. The molecule has 0 radical (unpaired) electrons. The largest absolute Gasteiger partial charge is 0.507 e. The molecule has 144 valence electrons. The molecule has 1 heterocycles. The van der Waals surface area contributed by atoms with E-state index in [1.807, 2.05) is 0 Å². The Labute approximate surface area is 161 Å². The lowest BCUT2D eigenvalue weighted by atomic mass is 9.95. The molecule has 28 heavy (non-hydrogen) atoms. The second kappa shape index (κ2) is 7.61. The molecule has 2 atom stereocenters. The molecule has 1 fully saturated rings. The van der Waals surface area contributed by atoms with Gasteiger partial charge in [0.05, 0.1) is 16.5 Å². The van der Waals surface area contributed by atoms with E-state index in [-0.39, 0.29) is 23.6 Å². The maximum atomic E-state index is 12.7. The van der Waals surface area contributed by atoms with E-state index in [2.05, 4.69) is 0 Å². The zero-order chi connectivity index (χ0) is 20.4. The highest BCUT2D eigenvalue weighted by atomic mass is 16.6. The third-order valence-electron chi connectivity index (χ3n) is 4.49. The normalized spacial score (nSPS) is 19.6. The Morgan fingerprint density at radius 1 is 1.18 bits per heavy atom. The molecular formula is C20H19N3O5. The van der Waals surface area contributed by atoms with Gasteiger partial charge in [0, 0.05) is 30.3 Å². The highest BCUT2D eigenvalue weighted by Crippen LogP contribution is 2.39. The zero-order valence-electron chi connectivity index (χ0n) is 15.1. The van der Waals surface area contributed by atoms with Crippen molar-refractivity contribution < 1.29 is 19.6 Å². The van der Waals surface area contributed by atoms with Gasteiger partial charge in [0.15, 0.2) is 0 Å². The van der Waals surface area contributed by atoms with E-state index in [9.17, 15) is 24.8 Å². The zero-order valence-corrected chi connectivity index (χ0v) is 15.1. The molecule has 8 heteroatoms. The lowest BCUT2D eigenvalue weighted by molar-refractivity contribution is -0.384. The molecule has 1 aliphatic rings. The van der Waals surface area contributed by atoms with E-state index >= 15 is 0 Å². The Bertz CT molecular complexity index is 952. The van der Waals surface area contributed by atoms with Gasteiger partial charge in [-0.2, -0.15) is 0 Å². The van der Waals surface area contributed by atoms with Gasteiger partial charge in [-0.3, -0.25) is 19.7 Å². The van der Waals surface area contributed by atoms with Gasteiger partial charge < -0.3 is 15.7 Å². The molecule has 2 aromatic rings. The molecule has 0 aliphatic carbocycles. The summed E-state index contributed by atoms with van der Waals surface area (Å²) in [7, 11) is 0. The summed E-state index contributed by atoms with van der Waals surface area (Å²) >= 11 is 0. The van der Waals surface area contributed by atoms with Crippen LogP contribution in [0.4, 0.5) is 5.69 Å². The minimum Gasteiger partial charge on any atom is -0.507 e. The molecule has 0 spiro atoms. The van der Waals surface area contributed by atoms with Crippen LogP contribution in [-0.2, 0) is 9.59 Å².